The molecule has 0 aliphatic rings. The number of aromatic nitrogens is 3. The van der Waals surface area contributed by atoms with Crippen LogP contribution in [-0.4, -0.2) is 15.0 Å². The molecule has 0 bridgehead atoms. The predicted molar refractivity (Wildman–Crippen MR) is 84.4 cm³/mol. The minimum atomic E-state index is -0.120. The van der Waals surface area contributed by atoms with Crippen molar-refractivity contribution in [2.24, 2.45) is 0 Å². The molecule has 0 aliphatic carbocycles. The Labute approximate surface area is 122 Å². The fourth-order valence-corrected chi connectivity index (χ4v) is 2.28. The van der Waals surface area contributed by atoms with Gasteiger partial charge in [-0.2, -0.15) is 0 Å². The largest absolute Gasteiger partial charge is 0.310 e. The summed E-state index contributed by atoms with van der Waals surface area (Å²) in [6.07, 6.45) is 0. The summed E-state index contributed by atoms with van der Waals surface area (Å²) in [5.41, 5.74) is 3.45. The van der Waals surface area contributed by atoms with Crippen molar-refractivity contribution in [3.05, 3.63) is 58.3 Å². The highest BCUT2D eigenvalue weighted by molar-refractivity contribution is 5.83. The van der Waals surface area contributed by atoms with Gasteiger partial charge in [0, 0.05) is 28.6 Å². The highest BCUT2D eigenvalue weighted by Gasteiger charge is 2.08. The summed E-state index contributed by atoms with van der Waals surface area (Å²) in [5.74, 6) is 0.891. The van der Waals surface area contributed by atoms with Crippen molar-refractivity contribution in [1.29, 1.82) is 0 Å². The van der Waals surface area contributed by atoms with E-state index in [1.54, 1.807) is 0 Å². The van der Waals surface area contributed by atoms with Crippen LogP contribution in [0.15, 0.2) is 41.2 Å². The number of aromatic amines is 1. The quantitative estimate of drug-likeness (QED) is 0.782. The summed E-state index contributed by atoms with van der Waals surface area (Å²) >= 11 is 0. The molecule has 0 aliphatic heterocycles. The van der Waals surface area contributed by atoms with E-state index in [-0.39, 0.29) is 11.5 Å². The molecule has 21 heavy (non-hydrogen) atoms. The van der Waals surface area contributed by atoms with Gasteiger partial charge in [0.15, 0.2) is 0 Å². The molecule has 0 fully saturated rings. The van der Waals surface area contributed by atoms with Crippen LogP contribution >= 0.6 is 0 Å². The average molecular weight is 279 g/mol. The molecule has 0 saturated heterocycles. The minimum absolute atomic E-state index is 0.120. The topological polar surface area (TPSA) is 58.6 Å². The van der Waals surface area contributed by atoms with Crippen molar-refractivity contribution < 1.29 is 0 Å². The van der Waals surface area contributed by atoms with E-state index in [9.17, 15) is 4.79 Å². The Morgan fingerprint density at radius 3 is 2.62 bits per heavy atom. The Kier molecular flexibility index (Phi) is 3.29. The molecule has 0 unspecified atom stereocenters. The SMILES string of the molecule is Cc1ccc2cc(-c3cc(=O)[nH]c(C(C)C)n3)ccc2n1. The summed E-state index contributed by atoms with van der Waals surface area (Å²) in [7, 11) is 0. The van der Waals surface area contributed by atoms with Gasteiger partial charge in [0.2, 0.25) is 0 Å². The molecule has 4 heteroatoms. The lowest BCUT2D eigenvalue weighted by atomic mass is 10.1. The van der Waals surface area contributed by atoms with E-state index >= 15 is 0 Å². The molecule has 1 N–H and O–H groups in total. The van der Waals surface area contributed by atoms with Crippen LogP contribution in [-0.2, 0) is 0 Å². The van der Waals surface area contributed by atoms with Gasteiger partial charge in [-0.1, -0.05) is 26.0 Å². The first kappa shape index (κ1) is 13.5. The molecule has 0 atom stereocenters. The molecule has 0 saturated carbocycles. The Balaban J connectivity index is 2.16. The zero-order chi connectivity index (χ0) is 15.0. The number of H-pyrrole nitrogens is 1. The molecule has 4 nitrogen and oxygen atoms in total. The van der Waals surface area contributed by atoms with Gasteiger partial charge in [0.1, 0.15) is 5.82 Å². The van der Waals surface area contributed by atoms with Gasteiger partial charge in [-0.15, -0.1) is 0 Å². The van der Waals surface area contributed by atoms with Crippen molar-refractivity contribution in [1.82, 2.24) is 15.0 Å². The molecule has 106 valence electrons. The molecule has 0 radical (unpaired) electrons. The summed E-state index contributed by atoms with van der Waals surface area (Å²) in [5, 5.41) is 1.05. The fraction of sp³-hybridized carbons (Fsp3) is 0.235. The lowest BCUT2D eigenvalue weighted by Crippen LogP contribution is -2.12. The van der Waals surface area contributed by atoms with Gasteiger partial charge in [-0.25, -0.2) is 4.98 Å². The minimum Gasteiger partial charge on any atom is -0.310 e. The van der Waals surface area contributed by atoms with Crippen molar-refractivity contribution in [2.75, 3.05) is 0 Å². The third-order valence-corrected chi connectivity index (χ3v) is 3.43. The van der Waals surface area contributed by atoms with E-state index in [0.717, 1.165) is 22.2 Å². The normalized spacial score (nSPS) is 11.2. The van der Waals surface area contributed by atoms with E-state index in [1.165, 1.54) is 6.07 Å². The Bertz CT molecular complexity index is 865. The van der Waals surface area contributed by atoms with Crippen LogP contribution in [0, 0.1) is 6.92 Å². The second kappa shape index (κ2) is 5.13. The number of hydrogen-bond donors (Lipinski definition) is 1. The molecule has 3 aromatic rings. The van der Waals surface area contributed by atoms with Crippen molar-refractivity contribution in [3.8, 4) is 11.3 Å². The second-order valence-corrected chi connectivity index (χ2v) is 5.53. The summed E-state index contributed by atoms with van der Waals surface area (Å²) in [6.45, 7) is 5.99. The number of hydrogen-bond acceptors (Lipinski definition) is 3. The third kappa shape index (κ3) is 2.70. The number of benzene rings is 1. The van der Waals surface area contributed by atoms with E-state index < -0.39 is 0 Å². The fourth-order valence-electron chi connectivity index (χ4n) is 2.28. The van der Waals surface area contributed by atoms with Crippen molar-refractivity contribution >= 4 is 10.9 Å². The summed E-state index contributed by atoms with van der Waals surface area (Å²) in [6, 6.07) is 11.5. The molecular weight excluding hydrogens is 262 g/mol. The van der Waals surface area contributed by atoms with E-state index in [1.807, 2.05) is 51.1 Å². The third-order valence-electron chi connectivity index (χ3n) is 3.43. The van der Waals surface area contributed by atoms with Gasteiger partial charge in [-0.05, 0) is 25.1 Å². The summed E-state index contributed by atoms with van der Waals surface area (Å²) < 4.78 is 0. The molecular formula is C17H17N3O. The number of aryl methyl sites for hydroxylation is 1. The van der Waals surface area contributed by atoms with Gasteiger partial charge in [0.05, 0.1) is 11.2 Å². The van der Waals surface area contributed by atoms with Crippen LogP contribution in [0.5, 0.6) is 0 Å². The lowest BCUT2D eigenvalue weighted by molar-refractivity contribution is 0.768. The highest BCUT2D eigenvalue weighted by atomic mass is 16.1. The van der Waals surface area contributed by atoms with Gasteiger partial charge in [-0.3, -0.25) is 9.78 Å². The van der Waals surface area contributed by atoms with Crippen LogP contribution in [0.3, 0.4) is 0 Å². The first-order valence-corrected chi connectivity index (χ1v) is 7.02. The number of pyridine rings is 1. The van der Waals surface area contributed by atoms with Gasteiger partial charge >= 0.3 is 0 Å². The molecule has 0 amide bonds. The first-order valence-electron chi connectivity index (χ1n) is 7.02. The van der Waals surface area contributed by atoms with Crippen LogP contribution in [0.4, 0.5) is 0 Å². The lowest BCUT2D eigenvalue weighted by Gasteiger charge is -2.08. The van der Waals surface area contributed by atoms with Crippen molar-refractivity contribution in [3.63, 3.8) is 0 Å². The number of nitrogens with zero attached hydrogens (tertiary/aromatic N) is 2. The maximum absolute atomic E-state index is 11.8. The van der Waals surface area contributed by atoms with Crippen LogP contribution < -0.4 is 5.56 Å². The zero-order valence-corrected chi connectivity index (χ0v) is 12.3. The molecule has 3 rings (SSSR count). The Morgan fingerprint density at radius 1 is 1.05 bits per heavy atom. The van der Waals surface area contributed by atoms with Crippen LogP contribution in [0.1, 0.15) is 31.3 Å². The van der Waals surface area contributed by atoms with E-state index in [0.29, 0.717) is 11.5 Å². The van der Waals surface area contributed by atoms with E-state index in [2.05, 4.69) is 15.0 Å². The summed E-state index contributed by atoms with van der Waals surface area (Å²) in [4.78, 5) is 23.6. The van der Waals surface area contributed by atoms with Crippen LogP contribution in [0.2, 0.25) is 0 Å². The highest BCUT2D eigenvalue weighted by Crippen LogP contribution is 2.22. The average Bonchev–Trinajstić information content (AvgIpc) is 2.46. The van der Waals surface area contributed by atoms with Crippen molar-refractivity contribution in [2.45, 2.75) is 26.7 Å². The molecule has 1 aromatic carbocycles. The number of rotatable bonds is 2. The maximum Gasteiger partial charge on any atom is 0.251 e. The second-order valence-electron chi connectivity index (χ2n) is 5.53. The zero-order valence-electron chi connectivity index (χ0n) is 12.3. The molecule has 2 aromatic heterocycles. The number of nitrogens with one attached hydrogen (secondary N) is 1. The molecule has 0 spiro atoms. The predicted octanol–water partition coefficient (Wildman–Crippen LogP) is 3.42. The van der Waals surface area contributed by atoms with Crippen LogP contribution in [0.25, 0.3) is 22.2 Å². The smallest absolute Gasteiger partial charge is 0.251 e. The van der Waals surface area contributed by atoms with E-state index in [4.69, 9.17) is 0 Å². The monoisotopic (exact) mass is 279 g/mol. The van der Waals surface area contributed by atoms with Gasteiger partial charge < -0.3 is 4.98 Å². The van der Waals surface area contributed by atoms with Gasteiger partial charge in [0.25, 0.3) is 5.56 Å². The standard InChI is InChI=1S/C17H17N3O/c1-10(2)17-19-15(9-16(21)20-17)13-6-7-14-12(8-13)5-4-11(3)18-14/h4-10H,1-3H3,(H,19,20,21). The Morgan fingerprint density at radius 2 is 1.86 bits per heavy atom. The Hall–Kier alpha value is -2.49. The number of fused-ring (bicyclic) bond motifs is 1. The molecule has 2 heterocycles. The first-order chi connectivity index (χ1) is 10.0. The maximum atomic E-state index is 11.8.